The van der Waals surface area contributed by atoms with Crippen molar-refractivity contribution in [3.05, 3.63) is 12.2 Å². The average Bonchev–Trinajstić information content (AvgIpc) is 3.25. The van der Waals surface area contributed by atoms with Crippen LogP contribution >= 0.6 is 0 Å². The van der Waals surface area contributed by atoms with Crippen LogP contribution < -0.4 is 0 Å². The molecule has 0 heterocycles. The van der Waals surface area contributed by atoms with Crippen LogP contribution in [0.4, 0.5) is 0 Å². The van der Waals surface area contributed by atoms with Gasteiger partial charge in [-0.15, -0.1) is 0 Å². The Bertz CT molecular complexity index is 349. The Kier molecular flexibility index (Phi) is 5.68. The molecule has 0 aliphatic heterocycles. The quantitative estimate of drug-likeness (QED) is 0.637. The minimum absolute atomic E-state index is 0.347. The molecule has 2 aliphatic rings. The molecule has 2 nitrogen and oxygen atoms in total. The standard InChI is InChI=1S/C18H31NO/c1-4-14(3)12-19(18(20)5-2)13-16-11-17(16)15-9-7-6-8-10-15/h6-7,14-17H,4-5,8-13H2,1-3H3. The van der Waals surface area contributed by atoms with Crippen LogP contribution in [0.1, 0.15) is 59.3 Å². The molecular formula is C18H31NO. The van der Waals surface area contributed by atoms with Gasteiger partial charge in [-0.05, 0) is 49.4 Å². The lowest BCUT2D eigenvalue weighted by atomic mass is 9.89. The van der Waals surface area contributed by atoms with Crippen LogP contribution in [0.5, 0.6) is 0 Å². The summed E-state index contributed by atoms with van der Waals surface area (Å²) in [5, 5.41) is 0. The molecule has 20 heavy (non-hydrogen) atoms. The second-order valence-corrected chi connectivity index (χ2v) is 6.87. The second kappa shape index (κ2) is 7.28. The van der Waals surface area contributed by atoms with Crippen molar-refractivity contribution in [2.75, 3.05) is 13.1 Å². The monoisotopic (exact) mass is 277 g/mol. The summed E-state index contributed by atoms with van der Waals surface area (Å²) in [5.74, 6) is 3.54. The van der Waals surface area contributed by atoms with Gasteiger partial charge in [0.15, 0.2) is 0 Å². The highest BCUT2D eigenvalue weighted by molar-refractivity contribution is 5.75. The SMILES string of the molecule is CCC(=O)N(CC(C)CC)CC1CC1C1CC=CCC1. The van der Waals surface area contributed by atoms with Crippen LogP contribution in [0.25, 0.3) is 0 Å². The van der Waals surface area contributed by atoms with E-state index in [1.165, 1.54) is 25.7 Å². The zero-order chi connectivity index (χ0) is 14.5. The van der Waals surface area contributed by atoms with Gasteiger partial charge >= 0.3 is 0 Å². The molecule has 1 fully saturated rings. The lowest BCUT2D eigenvalue weighted by molar-refractivity contribution is -0.131. The van der Waals surface area contributed by atoms with Gasteiger partial charge < -0.3 is 4.90 Å². The van der Waals surface area contributed by atoms with Gasteiger partial charge in [0.1, 0.15) is 0 Å². The van der Waals surface area contributed by atoms with E-state index in [1.54, 1.807) is 0 Å². The summed E-state index contributed by atoms with van der Waals surface area (Å²) in [6.45, 7) is 8.43. The average molecular weight is 277 g/mol. The first-order chi connectivity index (χ1) is 9.65. The number of rotatable bonds is 7. The number of hydrogen-bond acceptors (Lipinski definition) is 1. The van der Waals surface area contributed by atoms with Crippen LogP contribution in [-0.2, 0) is 4.79 Å². The van der Waals surface area contributed by atoms with E-state index in [2.05, 4.69) is 30.9 Å². The van der Waals surface area contributed by atoms with Crippen LogP contribution in [0, 0.1) is 23.7 Å². The third kappa shape index (κ3) is 4.10. The van der Waals surface area contributed by atoms with Gasteiger partial charge in [0, 0.05) is 19.5 Å². The van der Waals surface area contributed by atoms with Crippen molar-refractivity contribution in [1.29, 1.82) is 0 Å². The van der Waals surface area contributed by atoms with E-state index in [0.717, 1.165) is 37.3 Å². The lowest BCUT2D eigenvalue weighted by Crippen LogP contribution is -2.36. The van der Waals surface area contributed by atoms with Gasteiger partial charge in [0.2, 0.25) is 5.91 Å². The number of amides is 1. The normalized spacial score (nSPS) is 30.1. The maximum atomic E-state index is 12.1. The Balaban J connectivity index is 1.83. The first kappa shape index (κ1) is 15.6. The molecule has 0 aromatic rings. The number of nitrogens with zero attached hydrogens (tertiary/aromatic N) is 1. The maximum Gasteiger partial charge on any atom is 0.222 e. The molecule has 2 heteroatoms. The summed E-state index contributed by atoms with van der Waals surface area (Å²) in [4.78, 5) is 14.3. The summed E-state index contributed by atoms with van der Waals surface area (Å²) >= 11 is 0. The molecule has 4 unspecified atom stereocenters. The van der Waals surface area contributed by atoms with E-state index in [4.69, 9.17) is 0 Å². The van der Waals surface area contributed by atoms with Crippen LogP contribution in [-0.4, -0.2) is 23.9 Å². The Hall–Kier alpha value is -0.790. The molecule has 0 aromatic carbocycles. The Morgan fingerprint density at radius 1 is 1.35 bits per heavy atom. The van der Waals surface area contributed by atoms with Crippen molar-refractivity contribution >= 4 is 5.91 Å². The first-order valence-electron chi connectivity index (χ1n) is 8.58. The van der Waals surface area contributed by atoms with Gasteiger partial charge in [-0.2, -0.15) is 0 Å². The first-order valence-corrected chi connectivity index (χ1v) is 8.58. The number of allylic oxidation sites excluding steroid dienone is 2. The number of carbonyl (C=O) groups is 1. The van der Waals surface area contributed by atoms with Crippen molar-refractivity contribution < 1.29 is 4.79 Å². The van der Waals surface area contributed by atoms with E-state index in [9.17, 15) is 4.79 Å². The molecule has 2 rings (SSSR count). The third-order valence-corrected chi connectivity index (χ3v) is 5.23. The highest BCUT2D eigenvalue weighted by Crippen LogP contribution is 2.48. The molecule has 0 aromatic heterocycles. The van der Waals surface area contributed by atoms with Crippen LogP contribution in [0.15, 0.2) is 12.2 Å². The van der Waals surface area contributed by atoms with Crippen molar-refractivity contribution in [3.63, 3.8) is 0 Å². The van der Waals surface area contributed by atoms with Gasteiger partial charge in [-0.25, -0.2) is 0 Å². The third-order valence-electron chi connectivity index (χ3n) is 5.23. The van der Waals surface area contributed by atoms with Crippen molar-refractivity contribution in [3.8, 4) is 0 Å². The fourth-order valence-electron chi connectivity index (χ4n) is 3.55. The highest BCUT2D eigenvalue weighted by atomic mass is 16.2. The maximum absolute atomic E-state index is 12.1. The number of hydrogen-bond donors (Lipinski definition) is 0. The lowest BCUT2D eigenvalue weighted by Gasteiger charge is -2.26. The fourth-order valence-corrected chi connectivity index (χ4v) is 3.55. The predicted octanol–water partition coefficient (Wildman–Crippen LogP) is 4.26. The summed E-state index contributed by atoms with van der Waals surface area (Å²) in [7, 11) is 0. The zero-order valence-corrected chi connectivity index (χ0v) is 13.5. The zero-order valence-electron chi connectivity index (χ0n) is 13.5. The molecule has 1 saturated carbocycles. The molecular weight excluding hydrogens is 246 g/mol. The van der Waals surface area contributed by atoms with Crippen LogP contribution in [0.3, 0.4) is 0 Å². The van der Waals surface area contributed by atoms with Gasteiger partial charge in [0.05, 0.1) is 0 Å². The van der Waals surface area contributed by atoms with Crippen molar-refractivity contribution in [2.45, 2.75) is 59.3 Å². The van der Waals surface area contributed by atoms with E-state index in [1.807, 2.05) is 6.92 Å². The van der Waals surface area contributed by atoms with Gasteiger partial charge in [-0.3, -0.25) is 4.79 Å². The molecule has 2 aliphatic carbocycles. The summed E-state index contributed by atoms with van der Waals surface area (Å²) < 4.78 is 0. The second-order valence-electron chi connectivity index (χ2n) is 6.87. The number of carbonyl (C=O) groups excluding carboxylic acids is 1. The van der Waals surface area contributed by atoms with Crippen molar-refractivity contribution in [1.82, 2.24) is 4.90 Å². The van der Waals surface area contributed by atoms with E-state index >= 15 is 0 Å². The summed E-state index contributed by atoms with van der Waals surface area (Å²) in [6.07, 6.45) is 11.8. The summed E-state index contributed by atoms with van der Waals surface area (Å²) in [6, 6.07) is 0. The molecule has 114 valence electrons. The van der Waals surface area contributed by atoms with E-state index in [-0.39, 0.29) is 0 Å². The van der Waals surface area contributed by atoms with Gasteiger partial charge in [0.25, 0.3) is 0 Å². The molecule has 0 N–H and O–H groups in total. The summed E-state index contributed by atoms with van der Waals surface area (Å²) in [5.41, 5.74) is 0. The topological polar surface area (TPSA) is 20.3 Å². The molecule has 0 spiro atoms. The molecule has 1 amide bonds. The smallest absolute Gasteiger partial charge is 0.222 e. The van der Waals surface area contributed by atoms with E-state index < -0.39 is 0 Å². The predicted molar refractivity (Wildman–Crippen MR) is 84.4 cm³/mol. The molecule has 4 atom stereocenters. The van der Waals surface area contributed by atoms with E-state index in [0.29, 0.717) is 18.2 Å². The fraction of sp³-hybridized carbons (Fsp3) is 0.833. The molecule has 0 saturated heterocycles. The van der Waals surface area contributed by atoms with Gasteiger partial charge in [-0.1, -0.05) is 39.3 Å². The Morgan fingerprint density at radius 2 is 2.15 bits per heavy atom. The molecule has 0 radical (unpaired) electrons. The minimum atomic E-state index is 0.347. The molecule has 0 bridgehead atoms. The minimum Gasteiger partial charge on any atom is -0.342 e. The Labute approximate surface area is 124 Å². The Morgan fingerprint density at radius 3 is 2.75 bits per heavy atom. The van der Waals surface area contributed by atoms with Crippen molar-refractivity contribution in [2.24, 2.45) is 23.7 Å². The highest BCUT2D eigenvalue weighted by Gasteiger charge is 2.43. The van der Waals surface area contributed by atoms with Crippen LogP contribution in [0.2, 0.25) is 0 Å². The largest absolute Gasteiger partial charge is 0.342 e.